The zero-order valence-electron chi connectivity index (χ0n) is 20.7. The van der Waals surface area contributed by atoms with Crippen LogP contribution in [0, 0.1) is 0 Å². The second-order valence-corrected chi connectivity index (χ2v) is 10.4. The molecule has 186 valence electrons. The van der Waals surface area contributed by atoms with Crippen LogP contribution in [-0.2, 0) is 10.2 Å². The predicted octanol–water partition coefficient (Wildman–Crippen LogP) is 6.56. The van der Waals surface area contributed by atoms with Gasteiger partial charge in [-0.3, -0.25) is 4.79 Å². The van der Waals surface area contributed by atoms with E-state index >= 15 is 0 Å². The number of ether oxygens (including phenoxy) is 1. The highest BCUT2D eigenvalue weighted by Crippen LogP contribution is 2.24. The van der Waals surface area contributed by atoms with E-state index in [4.69, 9.17) is 14.1 Å². The summed E-state index contributed by atoms with van der Waals surface area (Å²) in [6.07, 6.45) is 3.32. The van der Waals surface area contributed by atoms with Crippen molar-refractivity contribution in [3.05, 3.63) is 86.6 Å². The first-order valence-corrected chi connectivity index (χ1v) is 12.6. The zero-order chi connectivity index (χ0) is 25.9. The van der Waals surface area contributed by atoms with Gasteiger partial charge in [0.05, 0.1) is 29.3 Å². The van der Waals surface area contributed by atoms with Crippen molar-refractivity contribution in [2.75, 3.05) is 6.61 Å². The second kappa shape index (κ2) is 10.6. The molecule has 0 fully saturated rings. The highest BCUT2D eigenvalue weighted by atomic mass is 79.9. The summed E-state index contributed by atoms with van der Waals surface area (Å²) in [5.41, 5.74) is 1.26. The number of hydrogen-bond donors (Lipinski definition) is 0. The molecule has 0 aliphatic heterocycles. The molecule has 4 rings (SSSR count). The van der Waals surface area contributed by atoms with Gasteiger partial charge in [0, 0.05) is 15.5 Å². The quantitative estimate of drug-likeness (QED) is 0.148. The monoisotopic (exact) mass is 549 g/mol. The van der Waals surface area contributed by atoms with Gasteiger partial charge in [-0.25, -0.2) is 9.78 Å². The highest BCUT2D eigenvalue weighted by molar-refractivity contribution is 9.10. The number of carbonyl (C=O) groups is 1. The first-order valence-electron chi connectivity index (χ1n) is 11.8. The Morgan fingerprint density at radius 3 is 2.58 bits per heavy atom. The summed E-state index contributed by atoms with van der Waals surface area (Å²) in [6.45, 7) is 8.42. The molecule has 7 nitrogen and oxygen atoms in total. The Kier molecular flexibility index (Phi) is 7.54. The molecule has 0 unspecified atom stereocenters. The van der Waals surface area contributed by atoms with Crippen molar-refractivity contribution in [1.29, 1.82) is 0 Å². The molecular formula is C28H28BrN3O4. The minimum absolute atomic E-state index is 0.254. The fraction of sp³-hybridized carbons (Fsp3) is 0.286. The first-order chi connectivity index (χ1) is 17.2. The van der Waals surface area contributed by atoms with Gasteiger partial charge >= 0.3 is 5.97 Å². The van der Waals surface area contributed by atoms with Gasteiger partial charge in [-0.05, 0) is 48.9 Å². The number of halogens is 1. The third-order valence-corrected chi connectivity index (χ3v) is 6.04. The number of hydrogen-bond acceptors (Lipinski definition) is 6. The molecule has 0 saturated heterocycles. The standard InChI is InChI=1S/C28H28BrN3O4/c1-5-6-15-35-26(34)19-9-7-18(8-10-19)24-14-12-21(36-24)17-30-32-25(33)22-16-20(29)11-13-23(22)31-27(32)28(2,3)4/h7-14,16-17H,5-6,15H2,1-4H3. The summed E-state index contributed by atoms with van der Waals surface area (Å²) >= 11 is 3.42. The van der Waals surface area contributed by atoms with Crippen molar-refractivity contribution in [1.82, 2.24) is 9.66 Å². The molecule has 0 radical (unpaired) electrons. The number of benzene rings is 2. The summed E-state index contributed by atoms with van der Waals surface area (Å²) in [5.74, 6) is 1.31. The molecule has 4 aromatic rings. The summed E-state index contributed by atoms with van der Waals surface area (Å²) < 4.78 is 13.3. The lowest BCUT2D eigenvalue weighted by molar-refractivity contribution is 0.0499. The predicted molar refractivity (Wildman–Crippen MR) is 145 cm³/mol. The van der Waals surface area contributed by atoms with Crippen LogP contribution in [0.25, 0.3) is 22.2 Å². The van der Waals surface area contributed by atoms with Crippen LogP contribution in [0.15, 0.2) is 73.4 Å². The second-order valence-electron chi connectivity index (χ2n) is 9.48. The van der Waals surface area contributed by atoms with Gasteiger partial charge < -0.3 is 9.15 Å². The van der Waals surface area contributed by atoms with Crippen LogP contribution in [0.3, 0.4) is 0 Å². The number of furan rings is 1. The van der Waals surface area contributed by atoms with E-state index in [0.29, 0.717) is 40.4 Å². The third kappa shape index (κ3) is 5.65. The van der Waals surface area contributed by atoms with Gasteiger partial charge in [0.25, 0.3) is 5.56 Å². The normalized spacial score (nSPS) is 11.9. The molecule has 0 atom stereocenters. The fourth-order valence-electron chi connectivity index (χ4n) is 3.60. The molecule has 0 N–H and O–H groups in total. The molecule has 0 aliphatic rings. The first kappa shape index (κ1) is 25.6. The molecule has 0 bridgehead atoms. The number of aromatic nitrogens is 2. The van der Waals surface area contributed by atoms with Crippen LogP contribution in [0.5, 0.6) is 0 Å². The van der Waals surface area contributed by atoms with Crippen LogP contribution in [-0.4, -0.2) is 28.5 Å². The Morgan fingerprint density at radius 1 is 1.14 bits per heavy atom. The Balaban J connectivity index is 1.60. The van der Waals surface area contributed by atoms with Crippen LogP contribution in [0.2, 0.25) is 0 Å². The SMILES string of the molecule is CCCCOC(=O)c1ccc(-c2ccc(C=Nn3c(C(C)(C)C)nc4ccc(Br)cc4c3=O)o2)cc1. The number of esters is 1. The number of unbranched alkanes of at least 4 members (excludes halogenated alkanes) is 1. The van der Waals surface area contributed by atoms with E-state index in [0.717, 1.165) is 22.9 Å². The highest BCUT2D eigenvalue weighted by Gasteiger charge is 2.23. The maximum atomic E-state index is 13.3. The van der Waals surface area contributed by atoms with Crippen LogP contribution in [0.4, 0.5) is 0 Å². The molecule has 2 aromatic carbocycles. The van der Waals surface area contributed by atoms with Gasteiger partial charge in [-0.15, -0.1) is 0 Å². The average molecular weight is 550 g/mol. The lowest BCUT2D eigenvalue weighted by Crippen LogP contribution is -2.29. The molecule has 0 aliphatic carbocycles. The van der Waals surface area contributed by atoms with Gasteiger partial charge in [0.2, 0.25) is 0 Å². The minimum atomic E-state index is -0.411. The number of fused-ring (bicyclic) bond motifs is 1. The minimum Gasteiger partial charge on any atom is -0.462 e. The van der Waals surface area contributed by atoms with E-state index < -0.39 is 5.41 Å². The van der Waals surface area contributed by atoms with Crippen molar-refractivity contribution in [2.45, 2.75) is 46.0 Å². The smallest absolute Gasteiger partial charge is 0.338 e. The largest absolute Gasteiger partial charge is 0.462 e. The van der Waals surface area contributed by atoms with Crippen LogP contribution >= 0.6 is 15.9 Å². The van der Waals surface area contributed by atoms with Gasteiger partial charge in [-0.2, -0.15) is 9.78 Å². The molecule has 2 aromatic heterocycles. The summed E-state index contributed by atoms with van der Waals surface area (Å²) in [6, 6.07) is 16.1. The van der Waals surface area contributed by atoms with Crippen LogP contribution < -0.4 is 5.56 Å². The summed E-state index contributed by atoms with van der Waals surface area (Å²) in [5, 5.41) is 4.92. The van der Waals surface area contributed by atoms with Crippen molar-refractivity contribution >= 4 is 39.0 Å². The van der Waals surface area contributed by atoms with Crippen LogP contribution in [0.1, 0.15) is 62.5 Å². The van der Waals surface area contributed by atoms with E-state index in [9.17, 15) is 9.59 Å². The summed E-state index contributed by atoms with van der Waals surface area (Å²) in [7, 11) is 0. The van der Waals surface area contributed by atoms with Crippen molar-refractivity contribution < 1.29 is 13.9 Å². The Labute approximate surface area is 217 Å². The van der Waals surface area contributed by atoms with E-state index in [1.54, 1.807) is 24.3 Å². The van der Waals surface area contributed by atoms with Crippen molar-refractivity contribution in [3.63, 3.8) is 0 Å². The van der Waals surface area contributed by atoms with Crippen molar-refractivity contribution in [2.24, 2.45) is 5.10 Å². The van der Waals surface area contributed by atoms with E-state index in [2.05, 4.69) is 21.0 Å². The van der Waals surface area contributed by atoms with Crippen molar-refractivity contribution in [3.8, 4) is 11.3 Å². The van der Waals surface area contributed by atoms with E-state index in [1.165, 1.54) is 10.9 Å². The Morgan fingerprint density at radius 2 is 1.89 bits per heavy atom. The number of rotatable bonds is 7. The maximum absolute atomic E-state index is 13.3. The summed E-state index contributed by atoms with van der Waals surface area (Å²) in [4.78, 5) is 30.1. The molecular weight excluding hydrogens is 522 g/mol. The third-order valence-electron chi connectivity index (χ3n) is 5.54. The zero-order valence-corrected chi connectivity index (χ0v) is 22.3. The Hall–Kier alpha value is -3.52. The number of carbonyl (C=O) groups excluding carboxylic acids is 1. The molecule has 36 heavy (non-hydrogen) atoms. The average Bonchev–Trinajstić information content (AvgIpc) is 3.32. The number of nitrogens with zero attached hydrogens (tertiary/aromatic N) is 3. The Bertz CT molecular complexity index is 1480. The van der Waals surface area contributed by atoms with Gasteiger partial charge in [0.1, 0.15) is 17.3 Å². The molecule has 2 heterocycles. The van der Waals surface area contributed by atoms with E-state index in [1.807, 2.05) is 58.0 Å². The fourth-order valence-corrected chi connectivity index (χ4v) is 3.96. The topological polar surface area (TPSA) is 86.7 Å². The lowest BCUT2D eigenvalue weighted by Gasteiger charge is -2.20. The molecule has 0 spiro atoms. The molecule has 0 saturated carbocycles. The molecule has 8 heteroatoms. The van der Waals surface area contributed by atoms with Gasteiger partial charge in [-0.1, -0.05) is 62.2 Å². The van der Waals surface area contributed by atoms with E-state index in [-0.39, 0.29) is 11.5 Å². The molecule has 0 amide bonds. The lowest BCUT2D eigenvalue weighted by atomic mass is 9.95. The van der Waals surface area contributed by atoms with Gasteiger partial charge in [0.15, 0.2) is 0 Å². The maximum Gasteiger partial charge on any atom is 0.338 e.